The third-order valence-electron chi connectivity index (χ3n) is 4.56. The van der Waals surface area contributed by atoms with Crippen molar-refractivity contribution in [3.8, 4) is 17.2 Å². The van der Waals surface area contributed by atoms with Gasteiger partial charge in [0.2, 0.25) is 5.91 Å². The molecule has 7 heteroatoms. The van der Waals surface area contributed by atoms with Crippen molar-refractivity contribution in [3.05, 3.63) is 44.5 Å². The van der Waals surface area contributed by atoms with E-state index < -0.39 is 5.97 Å². The van der Waals surface area contributed by atoms with Gasteiger partial charge in [-0.1, -0.05) is 0 Å². The van der Waals surface area contributed by atoms with E-state index in [1.165, 1.54) is 0 Å². The number of hydrogen-bond acceptors (Lipinski definition) is 5. The van der Waals surface area contributed by atoms with Gasteiger partial charge in [0, 0.05) is 11.3 Å². The van der Waals surface area contributed by atoms with Crippen LogP contribution in [0.25, 0.3) is 0 Å². The fourth-order valence-electron chi connectivity index (χ4n) is 3.36. The average Bonchev–Trinajstić information content (AvgIpc) is 3.11. The molecule has 1 amide bonds. The molecule has 3 rings (SSSR count). The zero-order chi connectivity index (χ0) is 20.3. The minimum absolute atomic E-state index is 0.217. The molecular formula is C21H22INO5. The van der Waals surface area contributed by atoms with Gasteiger partial charge in [-0.15, -0.1) is 0 Å². The van der Waals surface area contributed by atoms with E-state index in [1.54, 1.807) is 25.1 Å². The lowest BCUT2D eigenvalue weighted by molar-refractivity contribution is -0.145. The van der Waals surface area contributed by atoms with E-state index in [4.69, 9.17) is 9.47 Å². The molecule has 28 heavy (non-hydrogen) atoms. The molecule has 0 spiro atoms. The number of aromatic hydroxyl groups is 1. The number of carbonyl (C=O) groups excluding carboxylic acids is 2. The van der Waals surface area contributed by atoms with Gasteiger partial charge in [-0.2, -0.15) is 0 Å². The van der Waals surface area contributed by atoms with Gasteiger partial charge in [-0.05, 0) is 91.1 Å². The molecule has 0 radical (unpaired) electrons. The van der Waals surface area contributed by atoms with E-state index >= 15 is 0 Å². The van der Waals surface area contributed by atoms with E-state index in [-0.39, 0.29) is 24.7 Å². The smallest absolute Gasteiger partial charge is 0.315 e. The highest BCUT2D eigenvalue weighted by atomic mass is 127. The fourth-order valence-corrected chi connectivity index (χ4v) is 3.85. The van der Waals surface area contributed by atoms with E-state index in [0.717, 1.165) is 47.4 Å². The van der Waals surface area contributed by atoms with E-state index in [2.05, 4.69) is 27.9 Å². The number of phenols is 1. The Bertz CT molecular complexity index is 925. The molecule has 0 aromatic heterocycles. The Balaban J connectivity index is 1.85. The van der Waals surface area contributed by atoms with Gasteiger partial charge in [0.15, 0.2) is 0 Å². The maximum atomic E-state index is 12.2. The van der Waals surface area contributed by atoms with Crippen LogP contribution >= 0.6 is 22.6 Å². The molecule has 0 heterocycles. The van der Waals surface area contributed by atoms with Crippen molar-refractivity contribution >= 4 is 40.2 Å². The summed E-state index contributed by atoms with van der Waals surface area (Å²) < 4.78 is 11.7. The predicted molar refractivity (Wildman–Crippen MR) is 114 cm³/mol. The third-order valence-corrected chi connectivity index (χ3v) is 5.42. The van der Waals surface area contributed by atoms with Crippen molar-refractivity contribution in [2.75, 3.05) is 11.9 Å². The lowest BCUT2D eigenvalue weighted by Gasteiger charge is -2.18. The van der Waals surface area contributed by atoms with Crippen molar-refractivity contribution in [3.63, 3.8) is 0 Å². The number of carbonyl (C=O) groups is 2. The quantitative estimate of drug-likeness (QED) is 0.351. The molecule has 0 bridgehead atoms. The van der Waals surface area contributed by atoms with Crippen molar-refractivity contribution in [1.82, 2.24) is 0 Å². The molecule has 2 N–H and O–H groups in total. The number of benzene rings is 2. The molecule has 0 aliphatic heterocycles. The lowest BCUT2D eigenvalue weighted by atomic mass is 10.0. The second-order valence-corrected chi connectivity index (χ2v) is 7.79. The SMILES string of the molecule is CCOC(=O)CC(=O)Nc1cc(C)c(Oc2ccc(O)c(I)c2)c2c1CCC2. The monoisotopic (exact) mass is 495 g/mol. The van der Waals surface area contributed by atoms with Crippen LogP contribution in [0.3, 0.4) is 0 Å². The number of anilines is 1. The largest absolute Gasteiger partial charge is 0.507 e. The normalized spacial score (nSPS) is 12.4. The van der Waals surface area contributed by atoms with Crippen LogP contribution < -0.4 is 10.1 Å². The number of rotatable bonds is 6. The predicted octanol–water partition coefficient (Wildman–Crippen LogP) is 4.48. The number of halogens is 1. The molecule has 148 valence electrons. The number of ether oxygens (including phenoxy) is 2. The van der Waals surface area contributed by atoms with Gasteiger partial charge in [0.05, 0.1) is 10.2 Å². The van der Waals surface area contributed by atoms with Crippen LogP contribution in [-0.2, 0) is 27.2 Å². The fraction of sp³-hybridized carbons (Fsp3) is 0.333. The first-order chi connectivity index (χ1) is 13.4. The first kappa shape index (κ1) is 20.4. The van der Waals surface area contributed by atoms with E-state index in [9.17, 15) is 14.7 Å². The maximum absolute atomic E-state index is 12.2. The van der Waals surface area contributed by atoms with Crippen molar-refractivity contribution in [1.29, 1.82) is 0 Å². The Morgan fingerprint density at radius 2 is 1.96 bits per heavy atom. The Hall–Kier alpha value is -2.29. The summed E-state index contributed by atoms with van der Waals surface area (Å²) in [5.74, 6) is 0.745. The highest BCUT2D eigenvalue weighted by molar-refractivity contribution is 14.1. The molecule has 1 aliphatic carbocycles. The number of phenolic OH excluding ortho intramolecular Hbond substituents is 1. The minimum atomic E-state index is -0.532. The number of fused-ring (bicyclic) bond motifs is 1. The Kier molecular flexibility index (Phi) is 6.43. The van der Waals surface area contributed by atoms with Crippen LogP contribution in [-0.4, -0.2) is 23.6 Å². The second kappa shape index (κ2) is 8.81. The summed E-state index contributed by atoms with van der Waals surface area (Å²) in [6.07, 6.45) is 2.38. The van der Waals surface area contributed by atoms with E-state index in [0.29, 0.717) is 9.32 Å². The van der Waals surface area contributed by atoms with Gasteiger partial charge >= 0.3 is 5.97 Å². The Morgan fingerprint density at radius 1 is 1.21 bits per heavy atom. The summed E-state index contributed by atoms with van der Waals surface area (Å²) in [5, 5.41) is 12.5. The van der Waals surface area contributed by atoms with Gasteiger partial charge in [0.1, 0.15) is 23.7 Å². The second-order valence-electron chi connectivity index (χ2n) is 6.63. The Morgan fingerprint density at radius 3 is 2.68 bits per heavy atom. The Labute approximate surface area is 177 Å². The van der Waals surface area contributed by atoms with Crippen LogP contribution in [0.15, 0.2) is 24.3 Å². The topological polar surface area (TPSA) is 84.9 Å². The van der Waals surface area contributed by atoms with Crippen LogP contribution in [0.1, 0.15) is 36.5 Å². The van der Waals surface area contributed by atoms with Crippen LogP contribution in [0.2, 0.25) is 0 Å². The molecule has 2 aromatic rings. The summed E-state index contributed by atoms with van der Waals surface area (Å²) in [6, 6.07) is 7.00. The highest BCUT2D eigenvalue weighted by Gasteiger charge is 2.24. The van der Waals surface area contributed by atoms with Crippen molar-refractivity contribution < 1.29 is 24.2 Å². The van der Waals surface area contributed by atoms with Crippen molar-refractivity contribution in [2.45, 2.75) is 39.5 Å². The van der Waals surface area contributed by atoms with Crippen LogP contribution in [0, 0.1) is 10.5 Å². The molecule has 6 nitrogen and oxygen atoms in total. The minimum Gasteiger partial charge on any atom is -0.507 e. The first-order valence-electron chi connectivity index (χ1n) is 9.16. The van der Waals surface area contributed by atoms with Gasteiger partial charge in [0.25, 0.3) is 0 Å². The average molecular weight is 495 g/mol. The summed E-state index contributed by atoms with van der Waals surface area (Å²) in [5.41, 5.74) is 3.75. The number of esters is 1. The zero-order valence-corrected chi connectivity index (χ0v) is 18.0. The van der Waals surface area contributed by atoms with Crippen molar-refractivity contribution in [2.24, 2.45) is 0 Å². The van der Waals surface area contributed by atoms with Gasteiger partial charge in [-0.25, -0.2) is 0 Å². The van der Waals surface area contributed by atoms with Gasteiger partial charge < -0.3 is 19.9 Å². The molecule has 0 saturated heterocycles. The first-order valence-corrected chi connectivity index (χ1v) is 10.2. The number of hydrogen-bond donors (Lipinski definition) is 2. The summed E-state index contributed by atoms with van der Waals surface area (Å²) in [6.45, 7) is 3.89. The molecule has 0 atom stereocenters. The molecule has 1 aliphatic rings. The molecule has 0 fully saturated rings. The van der Waals surface area contributed by atoms with E-state index in [1.807, 2.05) is 13.0 Å². The number of nitrogens with one attached hydrogen (secondary N) is 1. The lowest BCUT2D eigenvalue weighted by Crippen LogP contribution is -2.19. The summed E-state index contributed by atoms with van der Waals surface area (Å²) in [4.78, 5) is 23.7. The van der Waals surface area contributed by atoms with Crippen LogP contribution in [0.5, 0.6) is 17.2 Å². The van der Waals surface area contributed by atoms with Crippen LogP contribution in [0.4, 0.5) is 5.69 Å². The highest BCUT2D eigenvalue weighted by Crippen LogP contribution is 2.41. The molecule has 2 aromatic carbocycles. The zero-order valence-electron chi connectivity index (χ0n) is 15.8. The summed E-state index contributed by atoms with van der Waals surface area (Å²) in [7, 11) is 0. The maximum Gasteiger partial charge on any atom is 0.315 e. The van der Waals surface area contributed by atoms with Gasteiger partial charge in [-0.3, -0.25) is 9.59 Å². The molecular weight excluding hydrogens is 473 g/mol. The number of amides is 1. The third kappa shape index (κ3) is 4.57. The summed E-state index contributed by atoms with van der Waals surface area (Å²) >= 11 is 2.06. The number of aryl methyl sites for hydroxylation is 1. The molecule has 0 unspecified atom stereocenters. The molecule has 0 saturated carbocycles. The standard InChI is InChI=1S/C21H22INO5/c1-3-27-20(26)11-19(25)23-17-9-12(2)21(15-6-4-5-14(15)17)28-13-7-8-18(24)16(22)10-13/h7-10,24H,3-6,11H2,1-2H3,(H,23,25).